The largest absolute Gasteiger partial charge is 0.397 e. The summed E-state index contributed by atoms with van der Waals surface area (Å²) >= 11 is 8.14. The third-order valence-corrected chi connectivity index (χ3v) is 4.85. The number of benzene rings is 1. The number of nitrogens with two attached hydrogens (primary N) is 1. The summed E-state index contributed by atoms with van der Waals surface area (Å²) in [5.74, 6) is 0. The van der Waals surface area contributed by atoms with Crippen molar-refractivity contribution in [1.29, 1.82) is 0 Å². The number of rotatable bonds is 3. The van der Waals surface area contributed by atoms with Gasteiger partial charge in [-0.2, -0.15) is 11.8 Å². The van der Waals surface area contributed by atoms with Crippen molar-refractivity contribution in [2.24, 2.45) is 0 Å². The van der Waals surface area contributed by atoms with E-state index in [9.17, 15) is 0 Å². The fourth-order valence-electron chi connectivity index (χ4n) is 2.34. The van der Waals surface area contributed by atoms with E-state index in [1.165, 1.54) is 25.7 Å². The Bertz CT molecular complexity index is 355. The Morgan fingerprint density at radius 1 is 1.29 bits per heavy atom. The van der Waals surface area contributed by atoms with E-state index in [0.29, 0.717) is 6.04 Å². The summed E-state index contributed by atoms with van der Waals surface area (Å²) in [5.41, 5.74) is 7.59. The minimum Gasteiger partial charge on any atom is -0.397 e. The van der Waals surface area contributed by atoms with Crippen LogP contribution in [-0.2, 0) is 0 Å². The van der Waals surface area contributed by atoms with Crippen molar-refractivity contribution in [1.82, 2.24) is 0 Å². The second-order valence-electron chi connectivity index (χ2n) is 4.56. The van der Waals surface area contributed by atoms with E-state index in [0.717, 1.165) is 21.6 Å². The monoisotopic (exact) mass is 270 g/mol. The maximum Gasteiger partial charge on any atom is 0.0765 e. The van der Waals surface area contributed by atoms with Crippen LogP contribution in [0.3, 0.4) is 0 Å². The van der Waals surface area contributed by atoms with Crippen LogP contribution in [0.5, 0.6) is 0 Å². The molecule has 0 bridgehead atoms. The van der Waals surface area contributed by atoms with Crippen LogP contribution in [0.15, 0.2) is 18.2 Å². The molecular formula is C13H19ClN2S. The minimum absolute atomic E-state index is 0.514. The fraction of sp³-hybridized carbons (Fsp3) is 0.538. The highest BCUT2D eigenvalue weighted by molar-refractivity contribution is 7.99. The molecule has 0 saturated heterocycles. The number of thioether (sulfide) groups is 1. The topological polar surface area (TPSA) is 38.0 Å². The summed E-state index contributed by atoms with van der Waals surface area (Å²) in [6.45, 7) is 0. The molecule has 94 valence electrons. The number of hydrogen-bond donors (Lipinski definition) is 2. The maximum atomic E-state index is 6.16. The molecule has 0 aliphatic heterocycles. The highest BCUT2D eigenvalue weighted by Crippen LogP contribution is 2.33. The molecule has 0 aromatic heterocycles. The van der Waals surface area contributed by atoms with Crippen LogP contribution in [0.4, 0.5) is 11.4 Å². The van der Waals surface area contributed by atoms with Crippen molar-refractivity contribution in [3.8, 4) is 0 Å². The second kappa shape index (κ2) is 5.87. The summed E-state index contributed by atoms with van der Waals surface area (Å²) in [4.78, 5) is 0. The number of para-hydroxylation sites is 1. The molecule has 0 spiro atoms. The Balaban J connectivity index is 1.98. The summed E-state index contributed by atoms with van der Waals surface area (Å²) in [6.07, 6.45) is 7.17. The van der Waals surface area contributed by atoms with Gasteiger partial charge in [-0.1, -0.05) is 17.7 Å². The van der Waals surface area contributed by atoms with Gasteiger partial charge in [-0.25, -0.2) is 0 Å². The predicted molar refractivity (Wildman–Crippen MR) is 79.0 cm³/mol. The average Bonchev–Trinajstić information content (AvgIpc) is 2.35. The Morgan fingerprint density at radius 3 is 2.59 bits per heavy atom. The van der Waals surface area contributed by atoms with Crippen LogP contribution in [0.1, 0.15) is 25.7 Å². The molecule has 0 heterocycles. The first-order valence-corrected chi connectivity index (χ1v) is 7.70. The predicted octanol–water partition coefficient (Wildman–Crippen LogP) is 4.01. The summed E-state index contributed by atoms with van der Waals surface area (Å²) in [6, 6.07) is 6.17. The molecule has 0 radical (unpaired) electrons. The van der Waals surface area contributed by atoms with Gasteiger partial charge in [-0.05, 0) is 44.1 Å². The molecular weight excluding hydrogens is 252 g/mol. The van der Waals surface area contributed by atoms with Gasteiger partial charge < -0.3 is 11.1 Å². The lowest BCUT2D eigenvalue weighted by Gasteiger charge is -2.29. The van der Waals surface area contributed by atoms with Gasteiger partial charge in [0.1, 0.15) is 0 Å². The van der Waals surface area contributed by atoms with Gasteiger partial charge in [-0.15, -0.1) is 0 Å². The molecule has 3 N–H and O–H groups in total. The van der Waals surface area contributed by atoms with Crippen molar-refractivity contribution in [2.45, 2.75) is 37.0 Å². The van der Waals surface area contributed by atoms with E-state index in [1.807, 2.05) is 30.0 Å². The zero-order valence-corrected chi connectivity index (χ0v) is 11.7. The lowest BCUT2D eigenvalue weighted by Crippen LogP contribution is -2.27. The highest BCUT2D eigenvalue weighted by atomic mass is 35.5. The van der Waals surface area contributed by atoms with Gasteiger partial charge in [0.2, 0.25) is 0 Å². The molecule has 1 saturated carbocycles. The standard InChI is InChI=1S/C13H19ClN2S/c1-17-10-7-5-9(6-8-10)16-13-11(14)3-2-4-12(13)15/h2-4,9-10,16H,5-8,15H2,1H3. The van der Waals surface area contributed by atoms with Gasteiger partial charge in [0, 0.05) is 11.3 Å². The summed E-state index contributed by atoms with van der Waals surface area (Å²) in [7, 11) is 0. The van der Waals surface area contributed by atoms with Crippen LogP contribution in [0.25, 0.3) is 0 Å². The van der Waals surface area contributed by atoms with E-state index >= 15 is 0 Å². The number of anilines is 2. The number of nitrogens with one attached hydrogen (secondary N) is 1. The molecule has 0 unspecified atom stereocenters. The lowest BCUT2D eigenvalue weighted by atomic mass is 9.94. The van der Waals surface area contributed by atoms with Crippen LogP contribution in [0.2, 0.25) is 5.02 Å². The molecule has 4 heteroatoms. The molecule has 1 fully saturated rings. The fourth-order valence-corrected chi connectivity index (χ4v) is 3.32. The molecule has 17 heavy (non-hydrogen) atoms. The van der Waals surface area contributed by atoms with Crippen LogP contribution in [0, 0.1) is 0 Å². The van der Waals surface area contributed by atoms with Crippen molar-refractivity contribution in [2.75, 3.05) is 17.3 Å². The summed E-state index contributed by atoms with van der Waals surface area (Å²) < 4.78 is 0. The van der Waals surface area contributed by atoms with Crippen LogP contribution < -0.4 is 11.1 Å². The molecule has 2 nitrogen and oxygen atoms in total. The highest BCUT2D eigenvalue weighted by Gasteiger charge is 2.21. The zero-order chi connectivity index (χ0) is 12.3. The molecule has 1 aliphatic rings. The Hall–Kier alpha value is -0.540. The molecule has 0 amide bonds. The Morgan fingerprint density at radius 2 is 2.00 bits per heavy atom. The van der Waals surface area contributed by atoms with Crippen LogP contribution in [-0.4, -0.2) is 17.5 Å². The molecule has 1 aromatic rings. The summed E-state index contributed by atoms with van der Waals surface area (Å²) in [5, 5.41) is 5.05. The van der Waals surface area contributed by atoms with Gasteiger partial charge in [0.05, 0.1) is 16.4 Å². The first kappa shape index (κ1) is 12.9. The van der Waals surface area contributed by atoms with E-state index in [1.54, 1.807) is 0 Å². The SMILES string of the molecule is CSC1CCC(Nc2c(N)cccc2Cl)CC1. The molecule has 1 aromatic carbocycles. The van der Waals surface area contributed by atoms with Gasteiger partial charge in [-0.3, -0.25) is 0 Å². The molecule has 0 atom stereocenters. The van der Waals surface area contributed by atoms with Crippen molar-refractivity contribution in [3.63, 3.8) is 0 Å². The lowest BCUT2D eigenvalue weighted by molar-refractivity contribution is 0.473. The van der Waals surface area contributed by atoms with E-state index in [2.05, 4.69) is 11.6 Å². The van der Waals surface area contributed by atoms with Gasteiger partial charge >= 0.3 is 0 Å². The van der Waals surface area contributed by atoms with Crippen LogP contribution >= 0.6 is 23.4 Å². The average molecular weight is 271 g/mol. The van der Waals surface area contributed by atoms with E-state index in [4.69, 9.17) is 17.3 Å². The normalized spacial score (nSPS) is 24.6. The second-order valence-corrected chi connectivity index (χ2v) is 6.10. The third kappa shape index (κ3) is 3.23. The number of hydrogen-bond acceptors (Lipinski definition) is 3. The van der Waals surface area contributed by atoms with E-state index in [-0.39, 0.29) is 0 Å². The first-order chi connectivity index (χ1) is 8.20. The minimum atomic E-state index is 0.514. The number of nitrogen functional groups attached to an aromatic ring is 1. The van der Waals surface area contributed by atoms with Gasteiger partial charge in [0.15, 0.2) is 0 Å². The Labute approximate surface area is 112 Å². The maximum absolute atomic E-state index is 6.16. The van der Waals surface area contributed by atoms with E-state index < -0.39 is 0 Å². The third-order valence-electron chi connectivity index (χ3n) is 3.40. The van der Waals surface area contributed by atoms with Crippen molar-refractivity contribution < 1.29 is 0 Å². The quantitative estimate of drug-likeness (QED) is 0.815. The van der Waals surface area contributed by atoms with Gasteiger partial charge in [0.25, 0.3) is 0 Å². The van der Waals surface area contributed by atoms with Crippen molar-refractivity contribution in [3.05, 3.63) is 23.2 Å². The first-order valence-electron chi connectivity index (χ1n) is 6.04. The number of halogens is 1. The molecule has 1 aliphatic carbocycles. The zero-order valence-electron chi connectivity index (χ0n) is 10.1. The molecule has 2 rings (SSSR count). The smallest absolute Gasteiger partial charge is 0.0765 e. The van der Waals surface area contributed by atoms with Crippen molar-refractivity contribution >= 4 is 34.7 Å². The Kier molecular flexibility index (Phi) is 4.46.